The highest BCUT2D eigenvalue weighted by molar-refractivity contribution is 5.91. The monoisotopic (exact) mass is 435 g/mol. The van der Waals surface area contributed by atoms with Crippen molar-refractivity contribution < 1.29 is 28.9 Å². The van der Waals surface area contributed by atoms with E-state index in [2.05, 4.69) is 10.6 Å². The molecule has 0 aliphatic carbocycles. The normalized spacial score (nSPS) is 26.2. The molecule has 3 rings (SSSR count). The number of aliphatic hydroxyl groups is 1. The van der Waals surface area contributed by atoms with Gasteiger partial charge in [0.1, 0.15) is 11.9 Å². The minimum Gasteiger partial charge on any atom is -0.495 e. The van der Waals surface area contributed by atoms with Crippen LogP contribution in [-0.2, 0) is 14.3 Å². The zero-order valence-electron chi connectivity index (χ0n) is 18.2. The number of carbonyl (C=O) groups is 2. The Kier molecular flexibility index (Phi) is 8.51. The van der Waals surface area contributed by atoms with E-state index in [1.807, 2.05) is 19.1 Å². The maximum absolute atomic E-state index is 13.2. The fourth-order valence-corrected chi connectivity index (χ4v) is 4.05. The van der Waals surface area contributed by atoms with Crippen molar-refractivity contribution in [1.82, 2.24) is 10.2 Å². The Morgan fingerprint density at radius 2 is 2.06 bits per heavy atom. The number of ether oxygens (including phenoxy) is 3. The molecule has 0 radical (unpaired) electrons. The van der Waals surface area contributed by atoms with Gasteiger partial charge in [-0.05, 0) is 31.4 Å². The van der Waals surface area contributed by atoms with Crippen LogP contribution < -0.4 is 15.4 Å². The van der Waals surface area contributed by atoms with Crippen LogP contribution in [0.4, 0.5) is 10.5 Å². The molecule has 1 aromatic carbocycles. The summed E-state index contributed by atoms with van der Waals surface area (Å²) in [6.07, 6.45) is 1.11. The van der Waals surface area contributed by atoms with Crippen LogP contribution in [0.15, 0.2) is 24.3 Å². The van der Waals surface area contributed by atoms with Crippen molar-refractivity contribution in [2.75, 3.05) is 38.7 Å². The van der Waals surface area contributed by atoms with E-state index in [9.17, 15) is 14.7 Å². The fourth-order valence-electron chi connectivity index (χ4n) is 4.05. The molecular weight excluding hydrogens is 402 g/mol. The number of benzene rings is 1. The predicted molar refractivity (Wildman–Crippen MR) is 115 cm³/mol. The van der Waals surface area contributed by atoms with Crippen LogP contribution >= 0.6 is 0 Å². The molecule has 172 valence electrons. The second-order valence-electron chi connectivity index (χ2n) is 7.97. The molecular formula is C22H33N3O6. The smallest absolute Gasteiger partial charge is 0.322 e. The number of para-hydroxylation sites is 2. The highest BCUT2D eigenvalue weighted by Gasteiger charge is 2.40. The molecule has 0 saturated carbocycles. The van der Waals surface area contributed by atoms with Crippen LogP contribution in [0.5, 0.6) is 5.75 Å². The van der Waals surface area contributed by atoms with Gasteiger partial charge >= 0.3 is 6.03 Å². The van der Waals surface area contributed by atoms with Crippen molar-refractivity contribution in [2.24, 2.45) is 0 Å². The van der Waals surface area contributed by atoms with Gasteiger partial charge in [-0.15, -0.1) is 0 Å². The van der Waals surface area contributed by atoms with Gasteiger partial charge in [-0.3, -0.25) is 4.79 Å². The molecule has 2 heterocycles. The van der Waals surface area contributed by atoms with E-state index in [1.54, 1.807) is 24.1 Å². The van der Waals surface area contributed by atoms with Crippen LogP contribution in [-0.4, -0.2) is 79.7 Å². The lowest BCUT2D eigenvalue weighted by molar-refractivity contribution is -0.149. The SMILES string of the molecule is CCCNC(=O)C[C@H]1CC[C@@H]2[C@H](COC[C@H](O)CN2C(=O)Nc2ccccc2OC)O1. The maximum atomic E-state index is 13.2. The summed E-state index contributed by atoms with van der Waals surface area (Å²) >= 11 is 0. The number of amides is 3. The molecule has 2 fully saturated rings. The molecule has 0 unspecified atom stereocenters. The first-order valence-electron chi connectivity index (χ1n) is 10.9. The Labute approximate surface area is 183 Å². The molecule has 31 heavy (non-hydrogen) atoms. The molecule has 9 heteroatoms. The van der Waals surface area contributed by atoms with E-state index in [4.69, 9.17) is 14.2 Å². The first kappa shape index (κ1) is 23.3. The van der Waals surface area contributed by atoms with Crippen molar-refractivity contribution in [2.45, 2.75) is 57.0 Å². The standard InChI is InChI=1S/C22H33N3O6/c1-3-10-23-21(27)11-16-8-9-18-20(31-16)14-30-13-15(26)12-25(18)22(28)24-17-6-4-5-7-19(17)29-2/h4-7,15-16,18,20,26H,3,8-14H2,1-2H3,(H,23,27)(H,24,28)/t15-,16-,18-,20+/m1/s1. The second kappa shape index (κ2) is 11.3. The summed E-state index contributed by atoms with van der Waals surface area (Å²) in [5, 5.41) is 16.0. The number of urea groups is 1. The van der Waals surface area contributed by atoms with Crippen LogP contribution in [0, 0.1) is 0 Å². The minimum absolute atomic E-state index is 0.0294. The summed E-state index contributed by atoms with van der Waals surface area (Å²) in [6.45, 7) is 3.16. The van der Waals surface area contributed by atoms with Gasteiger partial charge in [0.2, 0.25) is 5.91 Å². The molecule has 2 aliphatic rings. The molecule has 3 N–H and O–H groups in total. The van der Waals surface area contributed by atoms with Crippen molar-refractivity contribution in [1.29, 1.82) is 0 Å². The van der Waals surface area contributed by atoms with Crippen LogP contribution in [0.2, 0.25) is 0 Å². The number of hydrogen-bond donors (Lipinski definition) is 3. The molecule has 4 atom stereocenters. The Balaban J connectivity index is 1.69. The van der Waals surface area contributed by atoms with Gasteiger partial charge in [0.25, 0.3) is 0 Å². The van der Waals surface area contributed by atoms with Crippen LogP contribution in [0.1, 0.15) is 32.6 Å². The number of carbonyl (C=O) groups excluding carboxylic acids is 2. The first-order valence-corrected chi connectivity index (χ1v) is 10.9. The highest BCUT2D eigenvalue weighted by atomic mass is 16.5. The van der Waals surface area contributed by atoms with Crippen molar-refractivity contribution in [3.8, 4) is 5.75 Å². The number of rotatable bonds is 6. The van der Waals surface area contributed by atoms with E-state index < -0.39 is 6.10 Å². The second-order valence-corrected chi connectivity index (χ2v) is 7.97. The zero-order chi connectivity index (χ0) is 22.2. The highest BCUT2D eigenvalue weighted by Crippen LogP contribution is 2.29. The largest absolute Gasteiger partial charge is 0.495 e. The molecule has 1 aromatic rings. The summed E-state index contributed by atoms with van der Waals surface area (Å²) in [4.78, 5) is 26.9. The van der Waals surface area contributed by atoms with E-state index >= 15 is 0 Å². The number of anilines is 1. The summed E-state index contributed by atoms with van der Waals surface area (Å²) in [6, 6.07) is 6.58. The average molecular weight is 436 g/mol. The number of nitrogens with one attached hydrogen (secondary N) is 2. The molecule has 0 bridgehead atoms. The number of nitrogens with zero attached hydrogens (tertiary/aromatic N) is 1. The van der Waals surface area contributed by atoms with E-state index in [0.717, 1.165) is 6.42 Å². The van der Waals surface area contributed by atoms with E-state index in [1.165, 1.54) is 0 Å². The Morgan fingerprint density at radius 1 is 1.26 bits per heavy atom. The lowest BCUT2D eigenvalue weighted by Gasteiger charge is -2.44. The Bertz CT molecular complexity index is 746. The molecule has 9 nitrogen and oxygen atoms in total. The summed E-state index contributed by atoms with van der Waals surface area (Å²) in [5.74, 6) is 0.527. The van der Waals surface area contributed by atoms with Gasteiger partial charge in [0, 0.05) is 6.54 Å². The summed E-state index contributed by atoms with van der Waals surface area (Å²) < 4.78 is 17.1. The lowest BCUT2D eigenvalue weighted by Crippen LogP contribution is -2.58. The van der Waals surface area contributed by atoms with Crippen LogP contribution in [0.3, 0.4) is 0 Å². The number of fused-ring (bicyclic) bond motifs is 1. The molecule has 2 saturated heterocycles. The first-order chi connectivity index (χ1) is 15.0. The topological polar surface area (TPSA) is 109 Å². The predicted octanol–water partition coefficient (Wildman–Crippen LogP) is 1.75. The summed E-state index contributed by atoms with van der Waals surface area (Å²) in [7, 11) is 1.55. The Morgan fingerprint density at radius 3 is 2.84 bits per heavy atom. The van der Waals surface area contributed by atoms with Crippen LogP contribution in [0.25, 0.3) is 0 Å². The number of methoxy groups -OCH3 is 1. The fraction of sp³-hybridized carbons (Fsp3) is 0.636. The van der Waals surface area contributed by atoms with Gasteiger partial charge in [-0.1, -0.05) is 19.1 Å². The molecule has 2 aliphatic heterocycles. The lowest BCUT2D eigenvalue weighted by atomic mass is 9.95. The van der Waals surface area contributed by atoms with E-state index in [-0.39, 0.29) is 49.9 Å². The van der Waals surface area contributed by atoms with Gasteiger partial charge in [-0.2, -0.15) is 0 Å². The third-order valence-electron chi connectivity index (χ3n) is 5.58. The van der Waals surface area contributed by atoms with Gasteiger partial charge in [0.15, 0.2) is 0 Å². The van der Waals surface area contributed by atoms with Gasteiger partial charge in [-0.25, -0.2) is 4.79 Å². The Hall–Kier alpha value is -2.36. The number of β-amino-alcohol motifs (C(OH)–C–C–N with tert-alkyl or cyclic N) is 1. The molecule has 0 spiro atoms. The quantitative estimate of drug-likeness (QED) is 0.628. The molecule has 0 aromatic heterocycles. The van der Waals surface area contributed by atoms with Crippen molar-refractivity contribution in [3.05, 3.63) is 24.3 Å². The molecule has 3 amide bonds. The van der Waals surface area contributed by atoms with Crippen molar-refractivity contribution in [3.63, 3.8) is 0 Å². The minimum atomic E-state index is -0.790. The van der Waals surface area contributed by atoms with Gasteiger partial charge in [0.05, 0.1) is 57.2 Å². The maximum Gasteiger partial charge on any atom is 0.322 e. The average Bonchev–Trinajstić information content (AvgIpc) is 2.75. The van der Waals surface area contributed by atoms with Gasteiger partial charge < -0.3 is 34.9 Å². The third kappa shape index (κ3) is 6.32. The number of aliphatic hydroxyl groups excluding tert-OH is 1. The van der Waals surface area contributed by atoms with E-state index in [0.29, 0.717) is 37.2 Å². The third-order valence-corrected chi connectivity index (χ3v) is 5.58. The zero-order valence-corrected chi connectivity index (χ0v) is 18.2. The summed E-state index contributed by atoms with van der Waals surface area (Å²) in [5.41, 5.74) is 0.557. The number of hydrogen-bond acceptors (Lipinski definition) is 6. The van der Waals surface area contributed by atoms with Crippen molar-refractivity contribution >= 4 is 17.6 Å².